The zero-order valence-electron chi connectivity index (χ0n) is 18.2. The quantitative estimate of drug-likeness (QED) is 0.423. The molecular weight excluding hydrogens is 456 g/mol. The third-order valence-corrected chi connectivity index (χ3v) is 6.10. The molecule has 0 aliphatic carbocycles. The maximum Gasteiger partial charge on any atom is 0.255 e. The number of carbonyl (C=O) groups excluding carboxylic acids is 2. The standard InChI is InChI=1S/C25H31BrN2O3/c1-2-3-4-8-17-31-23-14-11-20(18-22(23)26)24(29)27-21-12-9-19(10-13-21)25(30)28-15-6-5-7-16-28/h9-14,18H,2-8,15-17H2,1H3,(H,27,29). The van der Waals surface area contributed by atoms with Gasteiger partial charge in [0, 0.05) is 29.9 Å². The number of anilines is 1. The first-order valence-electron chi connectivity index (χ1n) is 11.2. The predicted molar refractivity (Wildman–Crippen MR) is 128 cm³/mol. The highest BCUT2D eigenvalue weighted by Gasteiger charge is 2.18. The van der Waals surface area contributed by atoms with Crippen molar-refractivity contribution in [1.82, 2.24) is 4.90 Å². The lowest BCUT2D eigenvalue weighted by Gasteiger charge is -2.26. The van der Waals surface area contributed by atoms with Crippen molar-refractivity contribution in [3.05, 3.63) is 58.1 Å². The van der Waals surface area contributed by atoms with Crippen molar-refractivity contribution in [2.45, 2.75) is 51.9 Å². The minimum absolute atomic E-state index is 0.0618. The number of unbranched alkanes of at least 4 members (excludes halogenated alkanes) is 3. The van der Waals surface area contributed by atoms with Crippen LogP contribution in [0.5, 0.6) is 5.75 Å². The molecule has 0 spiro atoms. The number of carbonyl (C=O) groups is 2. The molecular formula is C25H31BrN2O3. The fourth-order valence-corrected chi connectivity index (χ4v) is 4.14. The summed E-state index contributed by atoms with van der Waals surface area (Å²) < 4.78 is 6.57. The van der Waals surface area contributed by atoms with Crippen LogP contribution in [-0.4, -0.2) is 36.4 Å². The van der Waals surface area contributed by atoms with E-state index in [1.54, 1.807) is 36.4 Å². The highest BCUT2D eigenvalue weighted by atomic mass is 79.9. The van der Waals surface area contributed by atoms with E-state index >= 15 is 0 Å². The predicted octanol–water partition coefficient (Wildman–Crippen LogP) is 6.29. The molecule has 2 aromatic rings. The third-order valence-electron chi connectivity index (χ3n) is 5.48. The fraction of sp³-hybridized carbons (Fsp3) is 0.440. The molecule has 1 heterocycles. The average Bonchev–Trinajstić information content (AvgIpc) is 2.80. The van der Waals surface area contributed by atoms with E-state index in [1.165, 1.54) is 19.3 Å². The lowest BCUT2D eigenvalue weighted by Crippen LogP contribution is -2.35. The minimum atomic E-state index is -0.203. The van der Waals surface area contributed by atoms with Crippen LogP contribution >= 0.6 is 15.9 Å². The number of likely N-dealkylation sites (tertiary alicyclic amines) is 1. The molecule has 1 aliphatic rings. The summed E-state index contributed by atoms with van der Waals surface area (Å²) in [6.07, 6.45) is 7.94. The van der Waals surface area contributed by atoms with Crippen molar-refractivity contribution in [3.63, 3.8) is 0 Å². The van der Waals surface area contributed by atoms with Gasteiger partial charge in [0.25, 0.3) is 11.8 Å². The molecule has 1 aliphatic heterocycles. The molecule has 31 heavy (non-hydrogen) atoms. The molecule has 2 amide bonds. The van der Waals surface area contributed by atoms with Crippen molar-refractivity contribution < 1.29 is 14.3 Å². The second-order valence-electron chi connectivity index (χ2n) is 7.94. The van der Waals surface area contributed by atoms with E-state index in [9.17, 15) is 9.59 Å². The van der Waals surface area contributed by atoms with Crippen LogP contribution in [0.25, 0.3) is 0 Å². The summed E-state index contributed by atoms with van der Waals surface area (Å²) in [5, 5.41) is 2.89. The van der Waals surface area contributed by atoms with Gasteiger partial charge in [0.05, 0.1) is 11.1 Å². The van der Waals surface area contributed by atoms with Crippen LogP contribution in [-0.2, 0) is 0 Å². The van der Waals surface area contributed by atoms with Crippen molar-refractivity contribution in [3.8, 4) is 5.75 Å². The first kappa shape index (κ1) is 23.3. The Kier molecular flexibility index (Phi) is 8.95. The first-order valence-corrected chi connectivity index (χ1v) is 12.0. The van der Waals surface area contributed by atoms with Crippen LogP contribution in [0.2, 0.25) is 0 Å². The molecule has 2 aromatic carbocycles. The van der Waals surface area contributed by atoms with Crippen molar-refractivity contribution >= 4 is 33.4 Å². The van der Waals surface area contributed by atoms with Crippen LogP contribution < -0.4 is 10.1 Å². The van der Waals surface area contributed by atoms with E-state index in [0.29, 0.717) is 23.4 Å². The first-order chi connectivity index (χ1) is 15.1. The minimum Gasteiger partial charge on any atom is -0.492 e. The molecule has 1 fully saturated rings. The molecule has 5 nitrogen and oxygen atoms in total. The molecule has 0 radical (unpaired) electrons. The molecule has 0 unspecified atom stereocenters. The van der Waals surface area contributed by atoms with Gasteiger partial charge in [0.1, 0.15) is 5.75 Å². The maximum absolute atomic E-state index is 12.6. The van der Waals surface area contributed by atoms with Crippen molar-refractivity contribution in [2.75, 3.05) is 25.0 Å². The van der Waals surface area contributed by atoms with Gasteiger partial charge in [-0.25, -0.2) is 0 Å². The van der Waals surface area contributed by atoms with E-state index in [2.05, 4.69) is 28.2 Å². The SMILES string of the molecule is CCCCCCOc1ccc(C(=O)Nc2ccc(C(=O)N3CCCCC3)cc2)cc1Br. The normalized spacial score (nSPS) is 13.7. The van der Waals surface area contributed by atoms with Gasteiger partial charge in [-0.3, -0.25) is 9.59 Å². The average molecular weight is 487 g/mol. The Bertz CT molecular complexity index is 877. The fourth-order valence-electron chi connectivity index (χ4n) is 3.65. The highest BCUT2D eigenvalue weighted by Crippen LogP contribution is 2.27. The summed E-state index contributed by atoms with van der Waals surface area (Å²) in [4.78, 5) is 27.1. The summed E-state index contributed by atoms with van der Waals surface area (Å²) in [6.45, 7) is 4.51. The van der Waals surface area contributed by atoms with Gasteiger partial charge in [0.15, 0.2) is 0 Å². The Morgan fingerprint density at radius 2 is 1.68 bits per heavy atom. The lowest BCUT2D eigenvalue weighted by molar-refractivity contribution is 0.0724. The Hall–Kier alpha value is -2.34. The van der Waals surface area contributed by atoms with Gasteiger partial charge in [0.2, 0.25) is 0 Å². The lowest BCUT2D eigenvalue weighted by atomic mass is 10.1. The molecule has 1 saturated heterocycles. The van der Waals surface area contributed by atoms with Crippen LogP contribution in [0.1, 0.15) is 72.6 Å². The topological polar surface area (TPSA) is 58.6 Å². The van der Waals surface area contributed by atoms with Gasteiger partial charge in [-0.15, -0.1) is 0 Å². The number of nitrogens with zero attached hydrogens (tertiary/aromatic N) is 1. The second kappa shape index (κ2) is 11.9. The molecule has 0 atom stereocenters. The van der Waals surface area contributed by atoms with Gasteiger partial charge >= 0.3 is 0 Å². The van der Waals surface area contributed by atoms with E-state index in [4.69, 9.17) is 4.74 Å². The maximum atomic E-state index is 12.6. The van der Waals surface area contributed by atoms with Gasteiger partial charge in [-0.05, 0) is 84.1 Å². The summed E-state index contributed by atoms with van der Waals surface area (Å²) in [5.74, 6) is 0.603. The van der Waals surface area contributed by atoms with E-state index < -0.39 is 0 Å². The molecule has 1 N–H and O–H groups in total. The Morgan fingerprint density at radius 1 is 0.968 bits per heavy atom. The third kappa shape index (κ3) is 6.82. The molecule has 6 heteroatoms. The number of piperidine rings is 1. The second-order valence-corrected chi connectivity index (χ2v) is 8.79. The van der Waals surface area contributed by atoms with Crippen molar-refractivity contribution in [2.24, 2.45) is 0 Å². The number of rotatable bonds is 9. The molecule has 3 rings (SSSR count). The van der Waals surface area contributed by atoms with Crippen LogP contribution in [0.3, 0.4) is 0 Å². The molecule has 0 saturated carbocycles. The summed E-state index contributed by atoms with van der Waals surface area (Å²) >= 11 is 3.50. The van der Waals surface area contributed by atoms with E-state index in [1.807, 2.05) is 11.0 Å². The van der Waals surface area contributed by atoms with Gasteiger partial charge < -0.3 is 15.0 Å². The van der Waals surface area contributed by atoms with Gasteiger partial charge in [-0.2, -0.15) is 0 Å². The number of hydrogen-bond donors (Lipinski definition) is 1. The Morgan fingerprint density at radius 3 is 2.35 bits per heavy atom. The highest BCUT2D eigenvalue weighted by molar-refractivity contribution is 9.10. The number of benzene rings is 2. The smallest absolute Gasteiger partial charge is 0.255 e. The summed E-state index contributed by atoms with van der Waals surface area (Å²) in [7, 11) is 0. The molecule has 166 valence electrons. The van der Waals surface area contributed by atoms with Crippen LogP contribution in [0.4, 0.5) is 5.69 Å². The summed E-state index contributed by atoms with van der Waals surface area (Å²) in [6, 6.07) is 12.4. The molecule has 0 bridgehead atoms. The Labute approximate surface area is 193 Å². The zero-order chi connectivity index (χ0) is 22.1. The van der Waals surface area contributed by atoms with Crippen LogP contribution in [0, 0.1) is 0 Å². The van der Waals surface area contributed by atoms with E-state index in [0.717, 1.165) is 49.0 Å². The number of hydrogen-bond acceptors (Lipinski definition) is 3. The monoisotopic (exact) mass is 486 g/mol. The van der Waals surface area contributed by atoms with Gasteiger partial charge in [-0.1, -0.05) is 26.2 Å². The van der Waals surface area contributed by atoms with Crippen molar-refractivity contribution in [1.29, 1.82) is 0 Å². The number of nitrogens with one attached hydrogen (secondary N) is 1. The zero-order valence-corrected chi connectivity index (χ0v) is 19.7. The Balaban J connectivity index is 1.54. The number of halogens is 1. The largest absolute Gasteiger partial charge is 0.492 e. The number of ether oxygens (including phenoxy) is 1. The van der Waals surface area contributed by atoms with E-state index in [-0.39, 0.29) is 11.8 Å². The molecule has 0 aromatic heterocycles. The number of amides is 2. The summed E-state index contributed by atoms with van der Waals surface area (Å²) in [5.41, 5.74) is 1.86. The van der Waals surface area contributed by atoms with Crippen LogP contribution in [0.15, 0.2) is 46.9 Å².